The molecule has 0 aliphatic rings. The van der Waals surface area contributed by atoms with Crippen molar-refractivity contribution in [2.45, 2.75) is 0 Å². The van der Waals surface area contributed by atoms with Gasteiger partial charge in [0.1, 0.15) is 0 Å². The normalized spacial score (nSPS) is 10.1. The Hall–Kier alpha value is -2.77. The first-order valence-corrected chi connectivity index (χ1v) is 6.02. The molecule has 0 aliphatic carbocycles. The van der Waals surface area contributed by atoms with Crippen LogP contribution in [-0.4, -0.2) is 0 Å². The Morgan fingerprint density at radius 1 is 0.789 bits per heavy atom. The first-order chi connectivity index (χ1) is 9.38. The lowest BCUT2D eigenvalue weighted by Gasteiger charge is -2.06. The van der Waals surface area contributed by atoms with Gasteiger partial charge in [-0.3, -0.25) is 0 Å². The third-order valence-corrected chi connectivity index (χ3v) is 3.12. The van der Waals surface area contributed by atoms with Crippen molar-refractivity contribution in [2.24, 2.45) is 5.11 Å². The van der Waals surface area contributed by atoms with E-state index in [1.807, 2.05) is 42.5 Å². The third-order valence-electron chi connectivity index (χ3n) is 3.12. The van der Waals surface area contributed by atoms with E-state index in [0.29, 0.717) is 5.69 Å². The van der Waals surface area contributed by atoms with Gasteiger partial charge >= 0.3 is 0 Å². The van der Waals surface area contributed by atoms with Crippen LogP contribution in [0.3, 0.4) is 0 Å². The molecule has 3 rings (SSSR count). The molecule has 3 nitrogen and oxygen atoms in total. The van der Waals surface area contributed by atoms with E-state index in [4.69, 9.17) is 5.53 Å². The largest absolute Gasteiger partial charge is 0.0618 e. The molecule has 0 N–H and O–H groups in total. The minimum absolute atomic E-state index is 0.653. The van der Waals surface area contributed by atoms with Crippen molar-refractivity contribution >= 4 is 16.5 Å². The lowest BCUT2D eigenvalue weighted by atomic mass is 10.0. The molecule has 0 unspecified atom stereocenters. The summed E-state index contributed by atoms with van der Waals surface area (Å²) in [6.45, 7) is 0. The van der Waals surface area contributed by atoms with Crippen LogP contribution in [0, 0.1) is 0 Å². The maximum absolute atomic E-state index is 8.62. The zero-order valence-electron chi connectivity index (χ0n) is 10.2. The monoisotopic (exact) mass is 245 g/mol. The van der Waals surface area contributed by atoms with Crippen molar-refractivity contribution in [3.8, 4) is 11.1 Å². The molecule has 0 heterocycles. The Balaban J connectivity index is 2.21. The summed E-state index contributed by atoms with van der Waals surface area (Å²) in [5.74, 6) is 0. The highest BCUT2D eigenvalue weighted by atomic mass is 15.1. The number of hydrogen-bond acceptors (Lipinski definition) is 1. The van der Waals surface area contributed by atoms with Crippen molar-refractivity contribution in [1.82, 2.24) is 0 Å². The smallest absolute Gasteiger partial charge is 0.0453 e. The van der Waals surface area contributed by atoms with Gasteiger partial charge in [-0.2, -0.15) is 0 Å². The highest BCUT2D eigenvalue weighted by Gasteiger charge is 2.03. The van der Waals surface area contributed by atoms with Crippen LogP contribution < -0.4 is 0 Å². The summed E-state index contributed by atoms with van der Waals surface area (Å²) < 4.78 is 0. The van der Waals surface area contributed by atoms with Crippen molar-refractivity contribution in [3.63, 3.8) is 0 Å². The molecule has 0 fully saturated rings. The number of rotatable bonds is 2. The molecule has 0 bridgehead atoms. The van der Waals surface area contributed by atoms with Gasteiger partial charge in [0.2, 0.25) is 0 Å². The van der Waals surface area contributed by atoms with E-state index >= 15 is 0 Å². The average Bonchev–Trinajstić information content (AvgIpc) is 2.48. The summed E-state index contributed by atoms with van der Waals surface area (Å²) >= 11 is 0. The van der Waals surface area contributed by atoms with Crippen LogP contribution in [0.4, 0.5) is 5.69 Å². The number of hydrogen-bond donors (Lipinski definition) is 0. The van der Waals surface area contributed by atoms with Crippen molar-refractivity contribution in [1.29, 1.82) is 0 Å². The summed E-state index contributed by atoms with van der Waals surface area (Å²) in [7, 11) is 0. The van der Waals surface area contributed by atoms with E-state index in [2.05, 4.69) is 34.3 Å². The molecule has 0 saturated heterocycles. The van der Waals surface area contributed by atoms with E-state index in [1.165, 1.54) is 10.8 Å². The molecule has 3 aromatic rings. The molecule has 0 radical (unpaired) electrons. The number of nitrogens with zero attached hydrogens (tertiary/aromatic N) is 3. The van der Waals surface area contributed by atoms with Crippen molar-refractivity contribution in [2.75, 3.05) is 0 Å². The molecular weight excluding hydrogens is 234 g/mol. The van der Waals surface area contributed by atoms with E-state index in [9.17, 15) is 0 Å². The summed E-state index contributed by atoms with van der Waals surface area (Å²) in [5, 5.41) is 6.12. The maximum Gasteiger partial charge on any atom is 0.0453 e. The van der Waals surface area contributed by atoms with E-state index in [0.717, 1.165) is 11.1 Å². The van der Waals surface area contributed by atoms with Gasteiger partial charge in [-0.05, 0) is 33.5 Å². The molecular formula is C16H11N3. The Morgan fingerprint density at radius 2 is 1.53 bits per heavy atom. The molecule has 90 valence electrons. The van der Waals surface area contributed by atoms with E-state index in [-0.39, 0.29) is 0 Å². The highest BCUT2D eigenvalue weighted by molar-refractivity contribution is 5.89. The van der Waals surface area contributed by atoms with Crippen LogP contribution in [0.2, 0.25) is 0 Å². The second kappa shape index (κ2) is 4.84. The standard InChI is InChI=1S/C16H11N3/c17-19-18-16-8-4-3-7-15(16)14-10-9-12-5-1-2-6-13(12)11-14/h1-11H. The fraction of sp³-hybridized carbons (Fsp3) is 0. The molecule has 0 spiro atoms. The van der Waals surface area contributed by atoms with Gasteiger partial charge in [0.05, 0.1) is 0 Å². The zero-order chi connectivity index (χ0) is 13.1. The van der Waals surface area contributed by atoms with Crippen LogP contribution in [0.5, 0.6) is 0 Å². The average molecular weight is 245 g/mol. The van der Waals surface area contributed by atoms with Gasteiger partial charge in [-0.15, -0.1) is 0 Å². The number of azide groups is 1. The molecule has 3 aromatic carbocycles. The fourth-order valence-electron chi connectivity index (χ4n) is 2.21. The Bertz CT molecular complexity index is 787. The summed E-state index contributed by atoms with van der Waals surface area (Å²) in [6, 6.07) is 22.1. The molecule has 0 atom stereocenters. The van der Waals surface area contributed by atoms with Gasteiger partial charge in [0, 0.05) is 10.6 Å². The molecule has 0 amide bonds. The molecule has 3 heteroatoms. The Kier molecular flexibility index (Phi) is 2.89. The maximum atomic E-state index is 8.62. The summed E-state index contributed by atoms with van der Waals surface area (Å²) in [4.78, 5) is 2.88. The van der Waals surface area contributed by atoms with Gasteiger partial charge < -0.3 is 0 Å². The zero-order valence-corrected chi connectivity index (χ0v) is 10.2. The Morgan fingerprint density at radius 3 is 2.37 bits per heavy atom. The van der Waals surface area contributed by atoms with Gasteiger partial charge in [0.25, 0.3) is 0 Å². The molecule has 0 saturated carbocycles. The topological polar surface area (TPSA) is 48.8 Å². The summed E-state index contributed by atoms with van der Waals surface area (Å²) in [5.41, 5.74) is 11.3. The summed E-state index contributed by atoms with van der Waals surface area (Å²) in [6.07, 6.45) is 0. The van der Waals surface area contributed by atoms with Gasteiger partial charge in [-0.1, -0.05) is 65.8 Å². The predicted molar refractivity (Wildman–Crippen MR) is 78.2 cm³/mol. The second-order valence-electron chi connectivity index (χ2n) is 4.27. The van der Waals surface area contributed by atoms with Crippen LogP contribution in [0.1, 0.15) is 0 Å². The van der Waals surface area contributed by atoms with Gasteiger partial charge in [0.15, 0.2) is 0 Å². The predicted octanol–water partition coefficient (Wildman–Crippen LogP) is 5.45. The SMILES string of the molecule is [N-]=[N+]=Nc1ccccc1-c1ccc2ccccc2c1. The van der Waals surface area contributed by atoms with E-state index in [1.54, 1.807) is 0 Å². The highest BCUT2D eigenvalue weighted by Crippen LogP contribution is 2.32. The lowest BCUT2D eigenvalue weighted by Crippen LogP contribution is -1.79. The Labute approximate surface area is 110 Å². The number of fused-ring (bicyclic) bond motifs is 1. The first kappa shape index (κ1) is 11.3. The van der Waals surface area contributed by atoms with Crippen molar-refractivity contribution < 1.29 is 0 Å². The lowest BCUT2D eigenvalue weighted by molar-refractivity contribution is 1.47. The third kappa shape index (κ3) is 2.15. The molecule has 0 aliphatic heterocycles. The van der Waals surface area contributed by atoms with Crippen LogP contribution in [0.15, 0.2) is 71.8 Å². The fourth-order valence-corrected chi connectivity index (χ4v) is 2.21. The molecule has 0 aromatic heterocycles. The van der Waals surface area contributed by atoms with Gasteiger partial charge in [-0.25, -0.2) is 0 Å². The number of benzene rings is 3. The van der Waals surface area contributed by atoms with Crippen molar-refractivity contribution in [3.05, 3.63) is 77.2 Å². The van der Waals surface area contributed by atoms with E-state index < -0.39 is 0 Å². The van der Waals surface area contributed by atoms with Crippen LogP contribution in [0.25, 0.3) is 32.3 Å². The molecule has 19 heavy (non-hydrogen) atoms. The van der Waals surface area contributed by atoms with Crippen LogP contribution >= 0.6 is 0 Å². The quantitative estimate of drug-likeness (QED) is 0.327. The minimum atomic E-state index is 0.653. The minimum Gasteiger partial charge on any atom is -0.0618 e. The second-order valence-corrected chi connectivity index (χ2v) is 4.27. The first-order valence-electron chi connectivity index (χ1n) is 6.02. The van der Waals surface area contributed by atoms with Crippen LogP contribution in [-0.2, 0) is 0 Å².